The van der Waals surface area contributed by atoms with Crippen LogP contribution in [0, 0.1) is 0 Å². The van der Waals surface area contributed by atoms with Crippen LogP contribution in [-0.2, 0) is 9.53 Å². The molecule has 1 rings (SSSR count). The van der Waals surface area contributed by atoms with Crippen molar-refractivity contribution >= 4 is 5.91 Å². The number of hydrogen-bond acceptors (Lipinski definition) is 4. The first-order valence-electron chi connectivity index (χ1n) is 7.14. The molecule has 0 aromatic heterocycles. The number of carbonyl (C=O) groups is 1. The summed E-state index contributed by atoms with van der Waals surface area (Å²) in [4.78, 5) is 15.7. The molecule has 21 heavy (non-hydrogen) atoms. The molecule has 1 amide bonds. The molecule has 1 atom stereocenters. The second-order valence-corrected chi connectivity index (χ2v) is 5.22. The third-order valence-corrected chi connectivity index (χ3v) is 3.60. The lowest BCUT2D eigenvalue weighted by Gasteiger charge is -2.40. The number of nitrogens with one attached hydrogen (secondary N) is 1. The van der Waals surface area contributed by atoms with Crippen molar-refractivity contribution in [3.8, 4) is 0 Å². The van der Waals surface area contributed by atoms with Gasteiger partial charge in [0.05, 0.1) is 13.2 Å². The van der Waals surface area contributed by atoms with E-state index in [-0.39, 0.29) is 6.54 Å². The van der Waals surface area contributed by atoms with Gasteiger partial charge >= 0.3 is 6.18 Å². The number of ether oxygens (including phenoxy) is 1. The monoisotopic (exact) mass is 311 g/mol. The number of halogens is 3. The normalized spacial score (nSPS) is 21.5. The van der Waals surface area contributed by atoms with E-state index >= 15 is 0 Å². The van der Waals surface area contributed by atoms with Crippen LogP contribution in [-0.4, -0.2) is 80.9 Å². The fraction of sp³-hybridized carbons (Fsp3) is 0.923. The van der Waals surface area contributed by atoms with Crippen LogP contribution in [0.5, 0.6) is 0 Å². The van der Waals surface area contributed by atoms with E-state index in [9.17, 15) is 18.0 Å². The molecule has 1 heterocycles. The summed E-state index contributed by atoms with van der Waals surface area (Å²) < 4.78 is 41.2. The summed E-state index contributed by atoms with van der Waals surface area (Å²) in [5.74, 6) is -0.576. The van der Waals surface area contributed by atoms with Gasteiger partial charge in [0.15, 0.2) is 0 Å². The van der Waals surface area contributed by atoms with E-state index in [1.807, 2.05) is 10.2 Å². The lowest BCUT2D eigenvalue weighted by Crippen LogP contribution is -2.55. The summed E-state index contributed by atoms with van der Waals surface area (Å²) >= 11 is 0. The van der Waals surface area contributed by atoms with E-state index in [0.717, 1.165) is 19.5 Å². The van der Waals surface area contributed by atoms with Crippen molar-refractivity contribution in [1.29, 1.82) is 0 Å². The Labute approximate surface area is 123 Å². The molecule has 0 saturated carbocycles. The van der Waals surface area contributed by atoms with Gasteiger partial charge in [-0.25, -0.2) is 0 Å². The van der Waals surface area contributed by atoms with Crippen molar-refractivity contribution < 1.29 is 22.7 Å². The topological polar surface area (TPSA) is 44.8 Å². The minimum atomic E-state index is -4.36. The number of piperazine rings is 1. The maximum absolute atomic E-state index is 12.0. The van der Waals surface area contributed by atoms with Crippen molar-refractivity contribution in [2.24, 2.45) is 0 Å². The lowest BCUT2D eigenvalue weighted by atomic mass is 10.1. The van der Waals surface area contributed by atoms with Crippen LogP contribution >= 0.6 is 0 Å². The van der Waals surface area contributed by atoms with Crippen LogP contribution in [0.4, 0.5) is 13.2 Å². The molecule has 0 aliphatic carbocycles. The third-order valence-electron chi connectivity index (χ3n) is 3.60. The summed E-state index contributed by atoms with van der Waals surface area (Å²) in [6, 6.07) is 0.310. The molecule has 0 radical (unpaired) electrons. The predicted octanol–water partition coefficient (Wildman–Crippen LogP) is 0.708. The number of alkyl halides is 3. The number of rotatable bonds is 7. The maximum atomic E-state index is 12.0. The zero-order valence-electron chi connectivity index (χ0n) is 12.6. The summed E-state index contributed by atoms with van der Waals surface area (Å²) in [6.45, 7) is 4.48. The quantitative estimate of drug-likeness (QED) is 0.752. The van der Waals surface area contributed by atoms with Gasteiger partial charge in [-0.3, -0.25) is 14.6 Å². The Bertz CT molecular complexity index is 326. The molecule has 1 unspecified atom stereocenters. The third kappa shape index (κ3) is 7.10. The van der Waals surface area contributed by atoms with Gasteiger partial charge in [-0.2, -0.15) is 13.2 Å². The number of methoxy groups -OCH3 is 1. The van der Waals surface area contributed by atoms with Crippen LogP contribution in [0.25, 0.3) is 0 Å². The average Bonchev–Trinajstić information content (AvgIpc) is 2.43. The molecule has 0 spiro atoms. The van der Waals surface area contributed by atoms with E-state index in [1.165, 1.54) is 0 Å². The number of amides is 1. The van der Waals surface area contributed by atoms with Gasteiger partial charge in [0.25, 0.3) is 0 Å². The summed E-state index contributed by atoms with van der Waals surface area (Å²) in [5, 5.41) is 1.91. The zero-order valence-corrected chi connectivity index (χ0v) is 12.6. The molecule has 1 aliphatic rings. The Hall–Kier alpha value is -0.860. The Balaban J connectivity index is 2.36. The Morgan fingerprint density at radius 2 is 2.10 bits per heavy atom. The van der Waals surface area contributed by atoms with Crippen LogP contribution in [0.15, 0.2) is 0 Å². The second kappa shape index (κ2) is 8.55. The minimum absolute atomic E-state index is 0.0185. The first kappa shape index (κ1) is 18.2. The highest BCUT2D eigenvalue weighted by Gasteiger charge is 2.29. The van der Waals surface area contributed by atoms with E-state index in [0.29, 0.717) is 25.7 Å². The van der Waals surface area contributed by atoms with Gasteiger partial charge in [-0.1, -0.05) is 6.92 Å². The fourth-order valence-corrected chi connectivity index (χ4v) is 2.45. The average molecular weight is 311 g/mol. The molecule has 1 aliphatic heterocycles. The highest BCUT2D eigenvalue weighted by atomic mass is 19.4. The molecule has 1 saturated heterocycles. The Morgan fingerprint density at radius 1 is 1.38 bits per heavy atom. The van der Waals surface area contributed by atoms with Crippen molar-refractivity contribution in [1.82, 2.24) is 15.1 Å². The molecule has 8 heteroatoms. The van der Waals surface area contributed by atoms with E-state index < -0.39 is 18.6 Å². The molecular formula is C13H24F3N3O2. The fourth-order valence-electron chi connectivity index (χ4n) is 2.45. The first-order chi connectivity index (χ1) is 9.85. The molecule has 0 aromatic carbocycles. The van der Waals surface area contributed by atoms with Gasteiger partial charge in [0, 0.05) is 39.3 Å². The van der Waals surface area contributed by atoms with Gasteiger partial charge in [0.2, 0.25) is 5.91 Å². The van der Waals surface area contributed by atoms with Crippen LogP contribution < -0.4 is 5.32 Å². The highest BCUT2D eigenvalue weighted by molar-refractivity contribution is 5.78. The summed E-state index contributed by atoms with van der Waals surface area (Å²) in [6.07, 6.45) is -3.43. The Kier molecular flexibility index (Phi) is 7.41. The number of nitrogens with zero attached hydrogens (tertiary/aromatic N) is 2. The standard InChI is InChI=1S/C13H24F3N3O2/c1-3-11-8-18(4-5-19(11)6-7-21-2)9-12(20)17-10-13(14,15)16/h11H,3-10H2,1-2H3,(H,17,20). The van der Waals surface area contributed by atoms with Crippen molar-refractivity contribution in [3.05, 3.63) is 0 Å². The smallest absolute Gasteiger partial charge is 0.383 e. The van der Waals surface area contributed by atoms with Gasteiger partial charge in [-0.05, 0) is 6.42 Å². The van der Waals surface area contributed by atoms with Crippen molar-refractivity contribution in [3.63, 3.8) is 0 Å². The van der Waals surface area contributed by atoms with Gasteiger partial charge in [-0.15, -0.1) is 0 Å². The molecule has 1 N–H and O–H groups in total. The zero-order chi connectivity index (χ0) is 15.9. The summed E-state index contributed by atoms with van der Waals surface area (Å²) in [5.41, 5.74) is 0. The molecule has 5 nitrogen and oxygen atoms in total. The second-order valence-electron chi connectivity index (χ2n) is 5.22. The highest BCUT2D eigenvalue weighted by Crippen LogP contribution is 2.13. The van der Waals surface area contributed by atoms with Gasteiger partial charge in [0.1, 0.15) is 6.54 Å². The van der Waals surface area contributed by atoms with Crippen LogP contribution in [0.1, 0.15) is 13.3 Å². The van der Waals surface area contributed by atoms with E-state index in [4.69, 9.17) is 4.74 Å². The van der Waals surface area contributed by atoms with Crippen LogP contribution in [0.2, 0.25) is 0 Å². The van der Waals surface area contributed by atoms with E-state index in [2.05, 4.69) is 11.8 Å². The van der Waals surface area contributed by atoms with Crippen LogP contribution in [0.3, 0.4) is 0 Å². The van der Waals surface area contributed by atoms with E-state index in [1.54, 1.807) is 7.11 Å². The summed E-state index contributed by atoms with van der Waals surface area (Å²) in [7, 11) is 1.65. The molecule has 0 bridgehead atoms. The lowest BCUT2D eigenvalue weighted by molar-refractivity contribution is -0.139. The van der Waals surface area contributed by atoms with Gasteiger partial charge < -0.3 is 10.1 Å². The number of hydrogen-bond donors (Lipinski definition) is 1. The van der Waals surface area contributed by atoms with Crippen molar-refractivity contribution in [2.45, 2.75) is 25.6 Å². The largest absolute Gasteiger partial charge is 0.405 e. The predicted molar refractivity (Wildman–Crippen MR) is 73.0 cm³/mol. The Morgan fingerprint density at radius 3 is 2.67 bits per heavy atom. The number of carbonyl (C=O) groups excluding carboxylic acids is 1. The molecule has 1 fully saturated rings. The van der Waals surface area contributed by atoms with Crippen molar-refractivity contribution in [2.75, 3.05) is 53.0 Å². The minimum Gasteiger partial charge on any atom is -0.383 e. The maximum Gasteiger partial charge on any atom is 0.405 e. The molecule has 0 aromatic rings. The first-order valence-corrected chi connectivity index (χ1v) is 7.14. The molecule has 124 valence electrons. The molecular weight excluding hydrogens is 287 g/mol. The SMILES string of the molecule is CCC1CN(CC(=O)NCC(F)(F)F)CCN1CCOC.